The monoisotopic (exact) mass is 282 g/mol. The first-order valence-corrected chi connectivity index (χ1v) is 6.57. The Morgan fingerprint density at radius 2 is 2.05 bits per heavy atom. The quantitative estimate of drug-likeness (QED) is 0.901. The van der Waals surface area contributed by atoms with E-state index in [9.17, 15) is 10.4 Å². The van der Waals surface area contributed by atoms with Crippen LogP contribution in [0.5, 0.6) is 17.2 Å². The summed E-state index contributed by atoms with van der Waals surface area (Å²) < 4.78 is 10.6. The molecule has 5 nitrogen and oxygen atoms in total. The van der Waals surface area contributed by atoms with Crippen LogP contribution in [0.1, 0.15) is 17.2 Å². The fourth-order valence-corrected chi connectivity index (χ4v) is 2.21. The van der Waals surface area contributed by atoms with Crippen LogP contribution < -0.4 is 14.8 Å². The molecular formula is C16H14N2O3. The van der Waals surface area contributed by atoms with Crippen LogP contribution in [0.25, 0.3) is 0 Å². The molecule has 1 aliphatic heterocycles. The van der Waals surface area contributed by atoms with E-state index >= 15 is 0 Å². The number of nitrogens with one attached hydrogen (secondary N) is 1. The Hall–Kier alpha value is -2.71. The maximum Gasteiger partial charge on any atom is 0.231 e. The normalized spacial score (nSPS) is 13.7. The van der Waals surface area contributed by atoms with Gasteiger partial charge in [0.1, 0.15) is 11.8 Å². The van der Waals surface area contributed by atoms with E-state index in [0.717, 1.165) is 22.6 Å². The zero-order valence-electron chi connectivity index (χ0n) is 11.2. The van der Waals surface area contributed by atoms with Crippen molar-refractivity contribution in [1.29, 1.82) is 5.26 Å². The molecule has 0 amide bonds. The number of fused-ring (bicyclic) bond motifs is 1. The van der Waals surface area contributed by atoms with Gasteiger partial charge in [0.25, 0.3) is 0 Å². The number of rotatable bonds is 4. The van der Waals surface area contributed by atoms with Gasteiger partial charge in [-0.15, -0.1) is 0 Å². The largest absolute Gasteiger partial charge is 0.508 e. The maximum atomic E-state index is 9.48. The van der Waals surface area contributed by atoms with Gasteiger partial charge in [-0.05, 0) is 35.4 Å². The Labute approximate surface area is 122 Å². The molecule has 21 heavy (non-hydrogen) atoms. The molecule has 1 aliphatic rings. The van der Waals surface area contributed by atoms with Crippen molar-refractivity contribution in [3.8, 4) is 23.3 Å². The van der Waals surface area contributed by atoms with Crippen LogP contribution in [0.4, 0.5) is 0 Å². The average molecular weight is 282 g/mol. The molecule has 2 aromatic rings. The molecule has 1 atom stereocenters. The summed E-state index contributed by atoms with van der Waals surface area (Å²) in [7, 11) is 0. The number of aromatic hydroxyl groups is 1. The van der Waals surface area contributed by atoms with Gasteiger partial charge in [-0.2, -0.15) is 5.26 Å². The minimum atomic E-state index is -0.484. The summed E-state index contributed by atoms with van der Waals surface area (Å²) >= 11 is 0. The van der Waals surface area contributed by atoms with Crippen molar-refractivity contribution in [3.05, 3.63) is 53.6 Å². The average Bonchev–Trinajstić information content (AvgIpc) is 2.95. The van der Waals surface area contributed by atoms with Gasteiger partial charge >= 0.3 is 0 Å². The second kappa shape index (κ2) is 5.73. The highest BCUT2D eigenvalue weighted by Crippen LogP contribution is 2.32. The van der Waals surface area contributed by atoms with Crippen LogP contribution >= 0.6 is 0 Å². The van der Waals surface area contributed by atoms with E-state index in [1.165, 1.54) is 0 Å². The van der Waals surface area contributed by atoms with Gasteiger partial charge in [-0.25, -0.2) is 0 Å². The lowest BCUT2D eigenvalue weighted by molar-refractivity contribution is 0.174. The Kier molecular flexibility index (Phi) is 3.63. The van der Waals surface area contributed by atoms with E-state index in [-0.39, 0.29) is 12.5 Å². The topological polar surface area (TPSA) is 74.5 Å². The molecule has 106 valence electrons. The van der Waals surface area contributed by atoms with E-state index in [2.05, 4.69) is 11.4 Å². The first kappa shape index (κ1) is 13.3. The predicted molar refractivity (Wildman–Crippen MR) is 75.9 cm³/mol. The number of phenols is 1. The van der Waals surface area contributed by atoms with E-state index < -0.39 is 6.04 Å². The third-order valence-corrected chi connectivity index (χ3v) is 3.28. The van der Waals surface area contributed by atoms with Crippen LogP contribution in [-0.4, -0.2) is 11.9 Å². The third kappa shape index (κ3) is 2.91. The van der Waals surface area contributed by atoms with Crippen LogP contribution in [0.3, 0.4) is 0 Å². The lowest BCUT2D eigenvalue weighted by Crippen LogP contribution is -2.19. The van der Waals surface area contributed by atoms with Gasteiger partial charge in [0.15, 0.2) is 11.5 Å². The molecule has 2 aromatic carbocycles. The molecule has 5 heteroatoms. The third-order valence-electron chi connectivity index (χ3n) is 3.28. The molecule has 0 aliphatic carbocycles. The van der Waals surface area contributed by atoms with E-state index in [4.69, 9.17) is 9.47 Å². The number of ether oxygens (including phenoxy) is 2. The summed E-state index contributed by atoms with van der Waals surface area (Å²) in [6.07, 6.45) is 0. The second-order valence-electron chi connectivity index (χ2n) is 4.73. The number of hydrogen-bond donors (Lipinski definition) is 2. The Bertz CT molecular complexity index is 694. The number of hydrogen-bond acceptors (Lipinski definition) is 5. The second-order valence-corrected chi connectivity index (χ2v) is 4.73. The Morgan fingerprint density at radius 3 is 2.86 bits per heavy atom. The van der Waals surface area contributed by atoms with Crippen molar-refractivity contribution in [1.82, 2.24) is 5.32 Å². The van der Waals surface area contributed by atoms with E-state index in [1.807, 2.05) is 18.2 Å². The number of benzene rings is 2. The fourth-order valence-electron chi connectivity index (χ4n) is 2.21. The summed E-state index contributed by atoms with van der Waals surface area (Å²) in [6.45, 7) is 0.765. The first-order chi connectivity index (χ1) is 10.3. The summed E-state index contributed by atoms with van der Waals surface area (Å²) in [5, 5.41) is 21.9. The zero-order valence-corrected chi connectivity index (χ0v) is 11.2. The van der Waals surface area contributed by atoms with Crippen LogP contribution in [0.2, 0.25) is 0 Å². The number of nitrogens with zero attached hydrogens (tertiary/aromatic N) is 1. The molecule has 1 heterocycles. The lowest BCUT2D eigenvalue weighted by atomic mass is 10.1. The van der Waals surface area contributed by atoms with Crippen molar-refractivity contribution in [2.24, 2.45) is 0 Å². The lowest BCUT2D eigenvalue weighted by Gasteiger charge is -2.12. The Balaban J connectivity index is 1.70. The molecule has 0 saturated carbocycles. The van der Waals surface area contributed by atoms with E-state index in [1.54, 1.807) is 24.3 Å². The van der Waals surface area contributed by atoms with Crippen molar-refractivity contribution in [3.63, 3.8) is 0 Å². The van der Waals surface area contributed by atoms with Gasteiger partial charge < -0.3 is 14.6 Å². The van der Waals surface area contributed by atoms with Crippen molar-refractivity contribution >= 4 is 0 Å². The molecular weight excluding hydrogens is 268 g/mol. The van der Waals surface area contributed by atoms with Gasteiger partial charge in [0, 0.05) is 6.54 Å². The van der Waals surface area contributed by atoms with Crippen LogP contribution in [0, 0.1) is 11.3 Å². The summed E-state index contributed by atoms with van der Waals surface area (Å²) in [6, 6.07) is 14.1. The fraction of sp³-hybridized carbons (Fsp3) is 0.188. The van der Waals surface area contributed by atoms with Gasteiger partial charge in [-0.1, -0.05) is 18.2 Å². The molecule has 0 aromatic heterocycles. The zero-order chi connectivity index (χ0) is 14.7. The van der Waals surface area contributed by atoms with Crippen LogP contribution in [-0.2, 0) is 6.54 Å². The minimum Gasteiger partial charge on any atom is -0.508 e. The molecule has 0 bridgehead atoms. The number of phenolic OH excluding ortho intramolecular Hbond substituents is 1. The highest BCUT2D eigenvalue weighted by Gasteiger charge is 2.14. The molecule has 3 rings (SSSR count). The summed E-state index contributed by atoms with van der Waals surface area (Å²) in [4.78, 5) is 0. The first-order valence-electron chi connectivity index (χ1n) is 6.57. The highest BCUT2D eigenvalue weighted by atomic mass is 16.7. The minimum absolute atomic E-state index is 0.151. The van der Waals surface area contributed by atoms with Crippen LogP contribution in [0.15, 0.2) is 42.5 Å². The molecule has 0 radical (unpaired) electrons. The SMILES string of the molecule is N#CC(NCc1ccc2c(c1)OCO2)c1cccc(O)c1. The standard InChI is InChI=1S/C16H14N2O3/c17-8-14(12-2-1-3-13(19)7-12)18-9-11-4-5-15-16(6-11)21-10-20-15/h1-7,14,18-19H,9-10H2. The summed E-state index contributed by atoms with van der Waals surface area (Å²) in [5.41, 5.74) is 1.73. The summed E-state index contributed by atoms with van der Waals surface area (Å²) in [5.74, 6) is 1.61. The highest BCUT2D eigenvalue weighted by molar-refractivity contribution is 5.44. The van der Waals surface area contributed by atoms with E-state index in [0.29, 0.717) is 6.54 Å². The predicted octanol–water partition coefficient (Wildman–Crippen LogP) is 2.48. The molecule has 2 N–H and O–H groups in total. The number of nitriles is 1. The molecule has 0 saturated heterocycles. The smallest absolute Gasteiger partial charge is 0.231 e. The van der Waals surface area contributed by atoms with Crippen molar-refractivity contribution in [2.75, 3.05) is 6.79 Å². The molecule has 1 unspecified atom stereocenters. The van der Waals surface area contributed by atoms with Gasteiger partial charge in [0.05, 0.1) is 6.07 Å². The maximum absolute atomic E-state index is 9.48. The molecule has 0 fully saturated rings. The van der Waals surface area contributed by atoms with Crippen molar-refractivity contribution < 1.29 is 14.6 Å². The van der Waals surface area contributed by atoms with Crippen molar-refractivity contribution in [2.45, 2.75) is 12.6 Å². The van der Waals surface area contributed by atoms with Gasteiger partial charge in [0.2, 0.25) is 6.79 Å². The van der Waals surface area contributed by atoms with Gasteiger partial charge in [-0.3, -0.25) is 5.32 Å². The molecule has 0 spiro atoms. The Morgan fingerprint density at radius 1 is 1.19 bits per heavy atom.